The molecule has 1 fully saturated rings. The fourth-order valence-corrected chi connectivity index (χ4v) is 9.94. The van der Waals surface area contributed by atoms with Crippen molar-refractivity contribution in [2.75, 3.05) is 5.73 Å². The Bertz CT molecular complexity index is 2000. The molecule has 2 aliphatic carbocycles. The van der Waals surface area contributed by atoms with Gasteiger partial charge in [-0.05, 0) is 111 Å². The van der Waals surface area contributed by atoms with Crippen molar-refractivity contribution in [1.82, 2.24) is 9.97 Å². The molecule has 11 nitrogen and oxygen atoms in total. The van der Waals surface area contributed by atoms with Gasteiger partial charge in [-0.15, -0.1) is 5.75 Å². The number of aliphatic hydroxyl groups excluding tert-OH is 3. The van der Waals surface area contributed by atoms with E-state index in [4.69, 9.17) is 5.73 Å². The number of hydrogen-bond donors (Lipinski definition) is 8. The van der Waals surface area contributed by atoms with E-state index in [-0.39, 0.29) is 42.3 Å². The van der Waals surface area contributed by atoms with E-state index in [0.717, 1.165) is 49.3 Å². The fourth-order valence-electron chi connectivity index (χ4n) is 9.94. The number of aliphatic hydroxyl groups is 4. The third-order valence-electron chi connectivity index (χ3n) is 13.1. The van der Waals surface area contributed by atoms with Crippen molar-refractivity contribution in [3.8, 4) is 33.9 Å². The van der Waals surface area contributed by atoms with Crippen LogP contribution in [0.5, 0.6) is 11.5 Å². The highest BCUT2D eigenvalue weighted by Crippen LogP contribution is 2.51. The van der Waals surface area contributed by atoms with Gasteiger partial charge in [-0.2, -0.15) is 0 Å². The smallest absolute Gasteiger partial charge is 0.309 e. The van der Waals surface area contributed by atoms with E-state index in [1.807, 2.05) is 42.5 Å². The number of allylic oxidation sites excluding steroid dienone is 1. The van der Waals surface area contributed by atoms with Gasteiger partial charge in [0.25, 0.3) is 0 Å². The van der Waals surface area contributed by atoms with Crippen LogP contribution in [0.2, 0.25) is 0 Å². The summed E-state index contributed by atoms with van der Waals surface area (Å²) in [5.74, 6) is -2.46. The van der Waals surface area contributed by atoms with Gasteiger partial charge in [-0.1, -0.05) is 94.0 Å². The molecular formula is C49H64N3O8-. The number of nitrogen functional groups attached to an aromatic ring is 1. The Kier molecular flexibility index (Phi) is 15.5. The van der Waals surface area contributed by atoms with Gasteiger partial charge in [0.1, 0.15) is 11.6 Å². The third-order valence-corrected chi connectivity index (χ3v) is 13.1. The molecule has 2 aromatic heterocycles. The number of unbranched alkanes of at least 4 members (excludes halogenated alkanes) is 4. The van der Waals surface area contributed by atoms with E-state index in [9.17, 15) is 40.5 Å². The van der Waals surface area contributed by atoms with Crippen LogP contribution >= 0.6 is 0 Å². The number of nitrogens with one attached hydrogen (secondary N) is 1. The van der Waals surface area contributed by atoms with Crippen molar-refractivity contribution >= 4 is 11.8 Å². The summed E-state index contributed by atoms with van der Waals surface area (Å²) in [5, 5.41) is 79.9. The van der Waals surface area contributed by atoms with Gasteiger partial charge < -0.3 is 46.5 Å². The maximum Gasteiger partial charge on any atom is 0.309 e. The van der Waals surface area contributed by atoms with Gasteiger partial charge >= 0.3 is 5.97 Å². The molecule has 2 aromatic carbocycles. The van der Waals surface area contributed by atoms with E-state index < -0.39 is 35.6 Å². The van der Waals surface area contributed by atoms with Gasteiger partial charge in [0.05, 0.1) is 35.5 Å². The number of carboxylic acid groups (broad SMARTS) is 1. The summed E-state index contributed by atoms with van der Waals surface area (Å²) in [6, 6.07) is 19.0. The summed E-state index contributed by atoms with van der Waals surface area (Å²) < 4.78 is 0. The highest BCUT2D eigenvalue weighted by molar-refractivity contribution is 5.83. The Morgan fingerprint density at radius 2 is 1.73 bits per heavy atom. The lowest BCUT2D eigenvalue weighted by Crippen LogP contribution is -2.39. The van der Waals surface area contributed by atoms with Crippen LogP contribution in [0.4, 0.5) is 5.82 Å². The summed E-state index contributed by atoms with van der Waals surface area (Å²) in [4.78, 5) is 19.9. The number of aromatic amines is 1. The number of aromatic hydroxyl groups is 1. The molecule has 9 N–H and O–H groups in total. The number of phenols is 1. The summed E-state index contributed by atoms with van der Waals surface area (Å²) in [5.41, 5.74) is 8.41. The fraction of sp³-hybridized carbons (Fsp3) is 0.510. The molecule has 9 atom stereocenters. The molecular weight excluding hydrogens is 759 g/mol. The number of phenolic OH excluding ortho intramolecular Hbond substituents is 1. The molecule has 324 valence electrons. The minimum Gasteiger partial charge on any atom is -0.872 e. The minimum absolute atomic E-state index is 0.0326. The second-order valence-corrected chi connectivity index (χ2v) is 17.6. The summed E-state index contributed by atoms with van der Waals surface area (Å²) in [6.07, 6.45) is 13.6. The average molecular weight is 823 g/mol. The Morgan fingerprint density at radius 1 is 0.950 bits per heavy atom. The van der Waals surface area contributed by atoms with Gasteiger partial charge in [-0.25, -0.2) is 4.98 Å². The lowest BCUT2D eigenvalue weighted by molar-refractivity contribution is -0.268. The number of H-pyrrole nitrogens is 1. The largest absolute Gasteiger partial charge is 0.872 e. The van der Waals surface area contributed by atoms with Crippen LogP contribution < -0.4 is 10.8 Å². The third kappa shape index (κ3) is 11.6. The summed E-state index contributed by atoms with van der Waals surface area (Å²) >= 11 is 0. The predicted octanol–water partition coefficient (Wildman–Crippen LogP) is 8.06. The molecule has 2 aliphatic rings. The zero-order valence-corrected chi connectivity index (χ0v) is 34.8. The first-order valence-corrected chi connectivity index (χ1v) is 22.0. The van der Waals surface area contributed by atoms with Crippen LogP contribution in [-0.4, -0.2) is 64.4 Å². The van der Waals surface area contributed by atoms with Crippen molar-refractivity contribution in [1.29, 1.82) is 0 Å². The summed E-state index contributed by atoms with van der Waals surface area (Å²) in [7, 11) is 0. The normalized spacial score (nSPS) is 24.3. The van der Waals surface area contributed by atoms with Gasteiger partial charge in [-0.3, -0.25) is 4.79 Å². The Morgan fingerprint density at radius 3 is 2.45 bits per heavy atom. The highest BCUT2D eigenvalue weighted by atomic mass is 16.4. The first kappa shape index (κ1) is 44.9. The molecule has 0 radical (unpaired) electrons. The molecule has 4 aromatic rings. The van der Waals surface area contributed by atoms with E-state index in [0.29, 0.717) is 66.4 Å². The average Bonchev–Trinajstić information content (AvgIpc) is 3.80. The Hall–Kier alpha value is -4.68. The van der Waals surface area contributed by atoms with Gasteiger partial charge in [0.2, 0.25) is 0 Å². The number of hydrogen-bond acceptors (Lipinski definition) is 9. The quantitative estimate of drug-likeness (QED) is 0.0299. The zero-order valence-electron chi connectivity index (χ0n) is 34.8. The lowest BCUT2D eigenvalue weighted by Gasteiger charge is -2.34. The van der Waals surface area contributed by atoms with Crippen LogP contribution in [0.15, 0.2) is 85.1 Å². The summed E-state index contributed by atoms with van der Waals surface area (Å²) in [6.45, 7) is 2.19. The molecule has 1 saturated carbocycles. The molecule has 6 rings (SSSR count). The number of carbonyl (C=O) groups is 1. The molecule has 0 bridgehead atoms. The van der Waals surface area contributed by atoms with E-state index in [1.165, 1.54) is 31.4 Å². The van der Waals surface area contributed by atoms with Crippen LogP contribution in [0.25, 0.3) is 22.4 Å². The van der Waals surface area contributed by atoms with Crippen molar-refractivity contribution in [2.24, 2.45) is 29.6 Å². The lowest BCUT2D eigenvalue weighted by atomic mass is 9.79. The second-order valence-electron chi connectivity index (χ2n) is 17.6. The number of carboxylic acids is 1. The van der Waals surface area contributed by atoms with Crippen LogP contribution in [0, 0.1) is 29.6 Å². The molecule has 11 heteroatoms. The SMILES string of the molecule is CCCCC[C@@H]1C=C[C@@H](CCCCC[C@H](C(=O)O)[C@H](O)CC[C@]2(O)C[C@H](Cc3ccnc(N)c3)C[C@H]2[C@H](O)c2cc(-c3ccccc3)c(-c3cc([O-])cc(O)c3)[nH]2)[C@H](O)C1. The molecule has 0 amide bonds. The molecule has 2 heterocycles. The number of pyridine rings is 1. The number of nitrogens with two attached hydrogens (primary N) is 1. The Labute approximate surface area is 354 Å². The molecule has 0 spiro atoms. The van der Waals surface area contributed by atoms with Gasteiger partial charge in [0, 0.05) is 34.9 Å². The number of benzene rings is 2. The van der Waals surface area contributed by atoms with Crippen LogP contribution in [0.3, 0.4) is 0 Å². The highest BCUT2D eigenvalue weighted by Gasteiger charge is 2.50. The van der Waals surface area contributed by atoms with Crippen LogP contribution in [-0.2, 0) is 11.2 Å². The standard InChI is InChI=1S/C49H65N3O8/c1-2-3-6-11-31-16-17-35(44(56)24-31)14-9-5-10-15-39(48(58)59)43(55)18-20-49(60)30-33(22-32-19-21-51-45(50)25-32)23-41(49)47(57)42-29-40(34-12-7-4-8-13-34)46(52-42)36-26-37(53)28-38(54)27-36/h4,7-8,12-13,16-17,19,21,25-29,31,33,35,39,41,43-44,47,52-57,60H,2-3,5-6,9-11,14-15,18,20,22-24,30H2,1H3,(H2,50,51)(H,58,59)/p-1/t31-,33-,35-,39+,41+,43-,44-,47+,49+/m1/s1. The molecule has 0 unspecified atom stereocenters. The maximum absolute atomic E-state index is 12.5. The topological polar surface area (TPSA) is 216 Å². The van der Waals surface area contributed by atoms with Crippen LogP contribution in [0.1, 0.15) is 114 Å². The number of aromatic nitrogens is 2. The molecule has 0 saturated heterocycles. The Balaban J connectivity index is 1.14. The van der Waals surface area contributed by atoms with E-state index in [2.05, 4.69) is 29.0 Å². The predicted molar refractivity (Wildman–Crippen MR) is 232 cm³/mol. The number of anilines is 1. The first-order chi connectivity index (χ1) is 28.8. The van der Waals surface area contributed by atoms with Gasteiger partial charge in [0.15, 0.2) is 0 Å². The minimum atomic E-state index is -1.46. The van der Waals surface area contributed by atoms with E-state index in [1.54, 1.807) is 12.3 Å². The maximum atomic E-state index is 12.5. The van der Waals surface area contributed by atoms with Crippen molar-refractivity contribution in [2.45, 2.75) is 127 Å². The van der Waals surface area contributed by atoms with Crippen molar-refractivity contribution in [3.05, 3.63) is 96.3 Å². The van der Waals surface area contributed by atoms with Crippen molar-refractivity contribution in [3.63, 3.8) is 0 Å². The van der Waals surface area contributed by atoms with E-state index >= 15 is 0 Å². The number of aliphatic carboxylic acids is 1. The molecule has 60 heavy (non-hydrogen) atoms. The van der Waals surface area contributed by atoms with Crippen molar-refractivity contribution < 1.29 is 40.5 Å². The first-order valence-electron chi connectivity index (χ1n) is 22.0. The molecule has 0 aliphatic heterocycles. The number of rotatable bonds is 21. The monoisotopic (exact) mass is 822 g/mol. The second kappa shape index (κ2) is 20.7. The zero-order chi connectivity index (χ0) is 42.8. The number of nitrogens with zero attached hydrogens (tertiary/aromatic N) is 1.